The maximum absolute atomic E-state index is 13.0. The van der Waals surface area contributed by atoms with E-state index in [2.05, 4.69) is 17.4 Å². The first-order chi connectivity index (χ1) is 15.5. The van der Waals surface area contributed by atoms with Crippen LogP contribution in [0.3, 0.4) is 0 Å². The molecule has 180 valence electrons. The first kappa shape index (κ1) is 26.8. The van der Waals surface area contributed by atoms with Gasteiger partial charge in [-0.2, -0.15) is 0 Å². The minimum Gasteiger partial charge on any atom is -0.507 e. The van der Waals surface area contributed by atoms with E-state index in [4.69, 9.17) is 4.74 Å². The predicted molar refractivity (Wildman–Crippen MR) is 133 cm³/mol. The van der Waals surface area contributed by atoms with Crippen LogP contribution in [0.2, 0.25) is 0 Å². The van der Waals surface area contributed by atoms with Crippen molar-refractivity contribution in [2.24, 2.45) is 5.92 Å². The Labute approximate surface area is 198 Å². The lowest BCUT2D eigenvalue weighted by Gasteiger charge is -2.19. The van der Waals surface area contributed by atoms with E-state index < -0.39 is 26.1 Å². The van der Waals surface area contributed by atoms with Crippen molar-refractivity contribution in [1.29, 1.82) is 0 Å². The van der Waals surface area contributed by atoms with Crippen LogP contribution in [0.25, 0.3) is 0 Å². The molecule has 0 aromatic heterocycles. The van der Waals surface area contributed by atoms with Crippen LogP contribution in [-0.4, -0.2) is 41.2 Å². The topological polar surface area (TPSA) is 95.9 Å². The van der Waals surface area contributed by atoms with Crippen molar-refractivity contribution in [2.45, 2.75) is 59.7 Å². The molecule has 2 aromatic carbocycles. The minimum atomic E-state index is -1.00. The molecule has 0 bridgehead atoms. The van der Waals surface area contributed by atoms with Crippen molar-refractivity contribution in [3.05, 3.63) is 63.7 Å². The summed E-state index contributed by atoms with van der Waals surface area (Å²) < 4.78 is 5.10. The van der Waals surface area contributed by atoms with E-state index >= 15 is 0 Å². The van der Waals surface area contributed by atoms with E-state index in [-0.39, 0.29) is 23.8 Å². The first-order valence-electron chi connectivity index (χ1n) is 11.3. The van der Waals surface area contributed by atoms with E-state index in [0.717, 1.165) is 27.8 Å². The molecule has 1 amide bonds. The highest BCUT2D eigenvalue weighted by molar-refractivity contribution is 7.49. The number of phenols is 1. The predicted octanol–water partition coefficient (Wildman–Crippen LogP) is 4.83. The Bertz CT molecular complexity index is 964. The maximum atomic E-state index is 13.0. The molecule has 0 spiro atoms. The first-order valence-corrected chi connectivity index (χ1v) is 13.2. The van der Waals surface area contributed by atoms with Gasteiger partial charge in [-0.1, -0.05) is 32.0 Å². The van der Waals surface area contributed by atoms with Gasteiger partial charge in [0, 0.05) is 14.3 Å². The summed E-state index contributed by atoms with van der Waals surface area (Å²) in [5.41, 5.74) is 5.53. The van der Waals surface area contributed by atoms with Crippen LogP contribution in [0.1, 0.15) is 65.4 Å². The number of amides is 1. The van der Waals surface area contributed by atoms with Gasteiger partial charge in [-0.05, 0) is 86.1 Å². The van der Waals surface area contributed by atoms with Crippen LogP contribution in [-0.2, 0) is 22.1 Å². The van der Waals surface area contributed by atoms with E-state index in [1.54, 1.807) is 19.1 Å². The number of aryl methyl sites for hydroxylation is 2. The fourth-order valence-corrected chi connectivity index (χ4v) is 4.67. The van der Waals surface area contributed by atoms with Gasteiger partial charge in [-0.25, -0.2) is 4.79 Å². The van der Waals surface area contributed by atoms with Gasteiger partial charge in [0.25, 0.3) is 5.91 Å². The smallest absolute Gasteiger partial charge is 0.328 e. The van der Waals surface area contributed by atoms with Gasteiger partial charge in [0.15, 0.2) is 0 Å². The SMILES string of the molecule is CCOC(=O)C(CC(C)C)NC(=O)c1cc(Cc2c(C)cc(CP(C)O)cc2C)ccc1O. The number of benzene rings is 2. The maximum Gasteiger partial charge on any atom is 0.328 e. The summed E-state index contributed by atoms with van der Waals surface area (Å²) in [4.78, 5) is 35.0. The van der Waals surface area contributed by atoms with Gasteiger partial charge >= 0.3 is 5.97 Å². The third-order valence-electron chi connectivity index (χ3n) is 5.44. The average molecular weight is 474 g/mol. The molecule has 7 heteroatoms. The molecule has 0 aliphatic rings. The lowest BCUT2D eigenvalue weighted by atomic mass is 9.93. The Balaban J connectivity index is 2.27. The third-order valence-corrected chi connectivity index (χ3v) is 6.26. The number of hydrogen-bond acceptors (Lipinski definition) is 5. The average Bonchev–Trinajstić information content (AvgIpc) is 2.70. The largest absolute Gasteiger partial charge is 0.507 e. The molecule has 2 unspecified atom stereocenters. The van der Waals surface area contributed by atoms with E-state index in [0.29, 0.717) is 19.0 Å². The number of esters is 1. The zero-order chi connectivity index (χ0) is 24.7. The lowest BCUT2D eigenvalue weighted by molar-refractivity contribution is -0.145. The number of carbonyl (C=O) groups is 2. The van der Waals surface area contributed by atoms with Crippen LogP contribution >= 0.6 is 8.15 Å². The molecule has 2 rings (SSSR count). The monoisotopic (exact) mass is 473 g/mol. The standard InChI is InChI=1S/C26H36NO5P/c1-7-32-26(30)23(10-16(2)3)27-25(29)22-14-19(8-9-24(22)28)13-21-17(4)11-20(12-18(21)5)15-33(6)31/h8-9,11-12,14,16,23,28,31H,7,10,13,15H2,1-6H3,(H,27,29). The quantitative estimate of drug-likeness (QED) is 0.339. The highest BCUT2D eigenvalue weighted by atomic mass is 31.1. The Morgan fingerprint density at radius 3 is 2.27 bits per heavy atom. The summed E-state index contributed by atoms with van der Waals surface area (Å²) in [5.74, 6) is -0.925. The highest BCUT2D eigenvalue weighted by Gasteiger charge is 2.25. The van der Waals surface area contributed by atoms with Crippen LogP contribution < -0.4 is 5.32 Å². The second kappa shape index (κ2) is 12.2. The Morgan fingerprint density at radius 1 is 1.09 bits per heavy atom. The molecular weight excluding hydrogens is 437 g/mol. The number of carbonyl (C=O) groups excluding carboxylic acids is 2. The summed E-state index contributed by atoms with van der Waals surface area (Å²) in [7, 11) is -1.00. The van der Waals surface area contributed by atoms with Crippen LogP contribution in [0.4, 0.5) is 0 Å². The summed E-state index contributed by atoms with van der Waals surface area (Å²) in [6.07, 6.45) is 1.72. The van der Waals surface area contributed by atoms with Crippen LogP contribution in [0, 0.1) is 19.8 Å². The summed E-state index contributed by atoms with van der Waals surface area (Å²) in [6, 6.07) is 8.42. The number of nitrogens with one attached hydrogen (secondary N) is 1. The van der Waals surface area contributed by atoms with Crippen molar-refractivity contribution in [3.8, 4) is 5.75 Å². The lowest BCUT2D eigenvalue weighted by Crippen LogP contribution is -2.42. The van der Waals surface area contributed by atoms with E-state index in [9.17, 15) is 19.6 Å². The number of ether oxygens (including phenoxy) is 1. The van der Waals surface area contributed by atoms with Gasteiger partial charge in [0.2, 0.25) is 0 Å². The van der Waals surface area contributed by atoms with Gasteiger partial charge in [0.1, 0.15) is 11.8 Å². The second-order valence-electron chi connectivity index (χ2n) is 8.96. The number of hydrogen-bond donors (Lipinski definition) is 3. The van der Waals surface area contributed by atoms with Crippen molar-refractivity contribution in [3.63, 3.8) is 0 Å². The normalized spacial score (nSPS) is 13.0. The molecule has 0 saturated heterocycles. The fraction of sp³-hybridized carbons (Fsp3) is 0.462. The van der Waals surface area contributed by atoms with Gasteiger partial charge in [0.05, 0.1) is 12.2 Å². The van der Waals surface area contributed by atoms with E-state index in [1.807, 2.05) is 34.4 Å². The minimum absolute atomic E-state index is 0.133. The molecule has 0 saturated carbocycles. The third kappa shape index (κ3) is 7.83. The fourth-order valence-electron chi connectivity index (χ4n) is 3.96. The number of rotatable bonds is 10. The molecule has 2 atom stereocenters. The molecule has 0 aliphatic carbocycles. The van der Waals surface area contributed by atoms with Crippen molar-refractivity contribution >= 4 is 20.0 Å². The Hall–Kier alpha value is -2.43. The zero-order valence-corrected chi connectivity index (χ0v) is 21.3. The molecule has 3 N–H and O–H groups in total. The van der Waals surface area contributed by atoms with Gasteiger partial charge in [-0.3, -0.25) is 4.79 Å². The molecule has 6 nitrogen and oxygen atoms in total. The molecule has 0 aliphatic heterocycles. The molecule has 0 radical (unpaired) electrons. The molecule has 2 aromatic rings. The Morgan fingerprint density at radius 2 is 1.73 bits per heavy atom. The number of phenolic OH excluding ortho intramolecular Hbond substituents is 1. The Kier molecular flexibility index (Phi) is 9.87. The summed E-state index contributed by atoms with van der Waals surface area (Å²) in [5, 5.41) is 13.1. The van der Waals surface area contributed by atoms with Crippen LogP contribution in [0.15, 0.2) is 30.3 Å². The second-order valence-corrected chi connectivity index (χ2v) is 10.6. The summed E-state index contributed by atoms with van der Waals surface area (Å²) >= 11 is 0. The van der Waals surface area contributed by atoms with Crippen LogP contribution in [0.5, 0.6) is 5.75 Å². The molecular formula is C26H36NO5P. The van der Waals surface area contributed by atoms with Gasteiger partial charge in [-0.15, -0.1) is 0 Å². The zero-order valence-electron chi connectivity index (χ0n) is 20.4. The molecule has 0 fully saturated rings. The summed E-state index contributed by atoms with van der Waals surface area (Å²) in [6.45, 7) is 11.8. The van der Waals surface area contributed by atoms with E-state index in [1.165, 1.54) is 6.07 Å². The van der Waals surface area contributed by atoms with Crippen molar-refractivity contribution < 1.29 is 24.3 Å². The molecule has 0 heterocycles. The number of aromatic hydroxyl groups is 1. The van der Waals surface area contributed by atoms with Gasteiger partial charge < -0.3 is 20.1 Å². The molecule has 33 heavy (non-hydrogen) atoms. The van der Waals surface area contributed by atoms with Crippen molar-refractivity contribution in [1.82, 2.24) is 5.32 Å². The van der Waals surface area contributed by atoms with Crippen molar-refractivity contribution in [2.75, 3.05) is 13.3 Å². The highest BCUT2D eigenvalue weighted by Crippen LogP contribution is 2.32.